The first kappa shape index (κ1) is 14.7. The van der Waals surface area contributed by atoms with Crippen LogP contribution in [0.4, 0.5) is 5.69 Å². The van der Waals surface area contributed by atoms with E-state index in [1.807, 2.05) is 54.6 Å². The lowest BCUT2D eigenvalue weighted by Gasteiger charge is -2.07. The van der Waals surface area contributed by atoms with Crippen molar-refractivity contribution in [1.29, 1.82) is 0 Å². The summed E-state index contributed by atoms with van der Waals surface area (Å²) in [5.41, 5.74) is 3.40. The van der Waals surface area contributed by atoms with Gasteiger partial charge in [0.15, 0.2) is 6.29 Å². The van der Waals surface area contributed by atoms with Crippen molar-refractivity contribution < 1.29 is 9.72 Å². The fourth-order valence-electron chi connectivity index (χ4n) is 2.56. The third-order valence-corrected chi connectivity index (χ3v) is 3.70. The largest absolute Gasteiger partial charge is 0.298 e. The van der Waals surface area contributed by atoms with Crippen LogP contribution >= 0.6 is 0 Å². The molecule has 0 atom stereocenters. The van der Waals surface area contributed by atoms with Crippen LogP contribution in [0.3, 0.4) is 0 Å². The molecule has 4 heteroatoms. The van der Waals surface area contributed by atoms with Gasteiger partial charge >= 0.3 is 0 Å². The van der Waals surface area contributed by atoms with E-state index in [-0.39, 0.29) is 11.3 Å². The van der Waals surface area contributed by atoms with Gasteiger partial charge in [0, 0.05) is 6.07 Å². The van der Waals surface area contributed by atoms with Gasteiger partial charge in [-0.15, -0.1) is 0 Å². The lowest BCUT2D eigenvalue weighted by atomic mass is 9.96. The van der Waals surface area contributed by atoms with Gasteiger partial charge in [-0.25, -0.2) is 0 Å². The van der Waals surface area contributed by atoms with E-state index in [9.17, 15) is 14.9 Å². The zero-order valence-electron chi connectivity index (χ0n) is 12.2. The fraction of sp³-hybridized carbons (Fsp3) is 0. The number of rotatable bonds is 4. The molecular weight excluding hydrogens is 290 g/mol. The molecule has 3 rings (SSSR count). The number of carbonyl (C=O) groups is 1. The maximum absolute atomic E-state index is 11.3. The first-order valence-electron chi connectivity index (χ1n) is 7.09. The number of benzene rings is 3. The Morgan fingerprint density at radius 1 is 0.739 bits per heavy atom. The second-order valence-electron chi connectivity index (χ2n) is 5.06. The number of hydrogen-bond donors (Lipinski definition) is 0. The number of carbonyl (C=O) groups excluding carboxylic acids is 1. The number of aldehydes is 1. The molecule has 0 fully saturated rings. The summed E-state index contributed by atoms with van der Waals surface area (Å²) in [6.07, 6.45) is 0.540. The molecule has 0 amide bonds. The summed E-state index contributed by atoms with van der Waals surface area (Å²) >= 11 is 0. The van der Waals surface area contributed by atoms with Crippen LogP contribution in [0.2, 0.25) is 0 Å². The number of nitro groups is 1. The van der Waals surface area contributed by atoms with Gasteiger partial charge in [-0.3, -0.25) is 14.9 Å². The summed E-state index contributed by atoms with van der Waals surface area (Å²) in [6.45, 7) is 0. The van der Waals surface area contributed by atoms with Gasteiger partial charge in [0.2, 0.25) is 0 Å². The highest BCUT2D eigenvalue weighted by molar-refractivity contribution is 5.92. The van der Waals surface area contributed by atoms with Gasteiger partial charge in [0.25, 0.3) is 5.69 Å². The molecule has 0 saturated carbocycles. The Hall–Kier alpha value is -3.27. The van der Waals surface area contributed by atoms with Crippen LogP contribution in [-0.4, -0.2) is 11.2 Å². The highest BCUT2D eigenvalue weighted by Crippen LogP contribution is 2.30. The molecule has 112 valence electrons. The van der Waals surface area contributed by atoms with Crippen molar-refractivity contribution in [3.8, 4) is 22.3 Å². The molecule has 0 saturated heterocycles. The summed E-state index contributed by atoms with van der Waals surface area (Å²) in [5, 5.41) is 11.0. The molecule has 0 spiro atoms. The maximum Gasteiger partial charge on any atom is 0.280 e. The normalized spacial score (nSPS) is 10.3. The first-order valence-corrected chi connectivity index (χ1v) is 7.09. The van der Waals surface area contributed by atoms with Crippen molar-refractivity contribution in [3.63, 3.8) is 0 Å². The Morgan fingerprint density at radius 3 is 1.96 bits per heavy atom. The summed E-state index contributed by atoms with van der Waals surface area (Å²) in [5.74, 6) is 0. The minimum Gasteiger partial charge on any atom is -0.298 e. The molecule has 23 heavy (non-hydrogen) atoms. The van der Waals surface area contributed by atoms with Crippen molar-refractivity contribution in [2.45, 2.75) is 0 Å². The van der Waals surface area contributed by atoms with E-state index in [0.717, 1.165) is 16.7 Å². The van der Waals surface area contributed by atoms with Gasteiger partial charge in [-0.2, -0.15) is 0 Å². The fourth-order valence-corrected chi connectivity index (χ4v) is 2.56. The van der Waals surface area contributed by atoms with Crippen LogP contribution in [0.5, 0.6) is 0 Å². The minimum atomic E-state index is -0.536. The third-order valence-electron chi connectivity index (χ3n) is 3.70. The summed E-state index contributed by atoms with van der Waals surface area (Å²) < 4.78 is 0. The second kappa shape index (κ2) is 6.23. The number of nitrogens with zero attached hydrogens (tertiary/aromatic N) is 1. The molecule has 0 aliphatic carbocycles. The van der Waals surface area contributed by atoms with Crippen molar-refractivity contribution in [3.05, 3.63) is 88.5 Å². The molecule has 0 N–H and O–H groups in total. The zero-order valence-corrected chi connectivity index (χ0v) is 12.2. The Kier molecular flexibility index (Phi) is 3.97. The molecule has 0 heterocycles. The van der Waals surface area contributed by atoms with Crippen LogP contribution in [-0.2, 0) is 0 Å². The average Bonchev–Trinajstić information content (AvgIpc) is 2.62. The summed E-state index contributed by atoms with van der Waals surface area (Å²) in [6, 6.07) is 22.2. The third kappa shape index (κ3) is 2.87. The van der Waals surface area contributed by atoms with Crippen molar-refractivity contribution in [1.82, 2.24) is 0 Å². The van der Waals surface area contributed by atoms with Crippen LogP contribution in [0, 0.1) is 10.1 Å². The Labute approximate surface area is 133 Å². The molecule has 0 aromatic heterocycles. The quantitative estimate of drug-likeness (QED) is 0.397. The molecule has 0 bridgehead atoms. The summed E-state index contributed by atoms with van der Waals surface area (Å²) in [4.78, 5) is 21.8. The van der Waals surface area contributed by atoms with E-state index in [0.29, 0.717) is 11.8 Å². The van der Waals surface area contributed by atoms with E-state index in [4.69, 9.17) is 0 Å². The van der Waals surface area contributed by atoms with Crippen LogP contribution in [0.25, 0.3) is 22.3 Å². The molecule has 3 aromatic rings. The number of nitro benzene ring substituents is 1. The van der Waals surface area contributed by atoms with Gasteiger partial charge in [-0.1, -0.05) is 66.7 Å². The van der Waals surface area contributed by atoms with E-state index in [1.54, 1.807) is 12.1 Å². The monoisotopic (exact) mass is 303 g/mol. The first-order chi connectivity index (χ1) is 11.2. The van der Waals surface area contributed by atoms with Gasteiger partial charge in [0.05, 0.1) is 10.5 Å². The average molecular weight is 303 g/mol. The van der Waals surface area contributed by atoms with Crippen molar-refractivity contribution in [2.24, 2.45) is 0 Å². The minimum absolute atomic E-state index is 0.102. The SMILES string of the molecule is O=Cc1c(-c2ccc(-c3ccccc3)cc2)cccc1[N+](=O)[O-]. The smallest absolute Gasteiger partial charge is 0.280 e. The van der Waals surface area contributed by atoms with Gasteiger partial charge < -0.3 is 0 Å². The van der Waals surface area contributed by atoms with Crippen LogP contribution < -0.4 is 0 Å². The molecule has 0 radical (unpaired) electrons. The maximum atomic E-state index is 11.3. The molecule has 3 aromatic carbocycles. The second-order valence-corrected chi connectivity index (χ2v) is 5.06. The molecule has 0 aliphatic rings. The predicted molar refractivity (Wildman–Crippen MR) is 89.4 cm³/mol. The van der Waals surface area contributed by atoms with E-state index in [2.05, 4.69) is 0 Å². The predicted octanol–water partition coefficient (Wildman–Crippen LogP) is 4.74. The highest BCUT2D eigenvalue weighted by atomic mass is 16.6. The van der Waals surface area contributed by atoms with Crippen molar-refractivity contribution in [2.75, 3.05) is 0 Å². The van der Waals surface area contributed by atoms with E-state index in [1.165, 1.54) is 6.07 Å². The van der Waals surface area contributed by atoms with Crippen LogP contribution in [0.15, 0.2) is 72.8 Å². The van der Waals surface area contributed by atoms with Gasteiger partial charge in [0.1, 0.15) is 0 Å². The summed E-state index contributed by atoms with van der Waals surface area (Å²) in [7, 11) is 0. The topological polar surface area (TPSA) is 60.2 Å². The Bertz CT molecular complexity index is 856. The molecular formula is C19H13NO3. The zero-order chi connectivity index (χ0) is 16.2. The van der Waals surface area contributed by atoms with Gasteiger partial charge in [-0.05, 0) is 22.3 Å². The van der Waals surface area contributed by atoms with Crippen LogP contribution in [0.1, 0.15) is 10.4 Å². The van der Waals surface area contributed by atoms with Crippen molar-refractivity contribution >= 4 is 12.0 Å². The lowest BCUT2D eigenvalue weighted by Crippen LogP contribution is -1.96. The van der Waals surface area contributed by atoms with E-state index >= 15 is 0 Å². The molecule has 4 nitrogen and oxygen atoms in total. The Balaban J connectivity index is 2.05. The standard InChI is InChI=1S/C19H13NO3/c21-13-18-17(7-4-8-19(18)20(22)23)16-11-9-15(10-12-16)14-5-2-1-3-6-14/h1-13H. The molecule has 0 unspecified atom stereocenters. The highest BCUT2D eigenvalue weighted by Gasteiger charge is 2.17. The van der Waals surface area contributed by atoms with E-state index < -0.39 is 4.92 Å². The lowest BCUT2D eigenvalue weighted by molar-refractivity contribution is -0.385. The Morgan fingerprint density at radius 2 is 1.35 bits per heavy atom. The molecule has 0 aliphatic heterocycles. The number of hydrogen-bond acceptors (Lipinski definition) is 3.